The predicted octanol–water partition coefficient (Wildman–Crippen LogP) is 3.87. The van der Waals surface area contributed by atoms with Gasteiger partial charge in [0.1, 0.15) is 17.4 Å². The van der Waals surface area contributed by atoms with Gasteiger partial charge in [-0.05, 0) is 49.1 Å². The highest BCUT2D eigenvalue weighted by Crippen LogP contribution is 2.27. The minimum absolute atomic E-state index is 0.0369. The summed E-state index contributed by atoms with van der Waals surface area (Å²) in [6.45, 7) is 6.66. The molecule has 1 heterocycles. The molecule has 0 unspecified atom stereocenters. The highest BCUT2D eigenvalue weighted by molar-refractivity contribution is 6.19. The van der Waals surface area contributed by atoms with Gasteiger partial charge in [-0.3, -0.25) is 14.5 Å². The molecular formula is C21H24N2O3. The van der Waals surface area contributed by atoms with Crippen LogP contribution in [0.2, 0.25) is 0 Å². The molecule has 0 saturated heterocycles. The van der Waals surface area contributed by atoms with Crippen molar-refractivity contribution in [3.05, 3.63) is 46.5 Å². The fourth-order valence-corrected chi connectivity index (χ4v) is 2.70. The van der Waals surface area contributed by atoms with E-state index in [2.05, 4.69) is 0 Å². The fourth-order valence-electron chi connectivity index (χ4n) is 2.70. The Morgan fingerprint density at radius 3 is 2.38 bits per heavy atom. The monoisotopic (exact) mass is 352 g/mol. The molecule has 0 N–H and O–H groups in total. The lowest BCUT2D eigenvalue weighted by Gasteiger charge is -2.27. The molecule has 136 valence electrons. The molecule has 0 saturated carbocycles. The minimum Gasteiger partial charge on any atom is -0.494 e. The number of amides is 2. The van der Waals surface area contributed by atoms with Gasteiger partial charge in [-0.25, -0.2) is 0 Å². The number of hydrogen-bond acceptors (Lipinski definition) is 4. The third kappa shape index (κ3) is 4.20. The summed E-state index contributed by atoms with van der Waals surface area (Å²) in [7, 11) is 0. The molecule has 26 heavy (non-hydrogen) atoms. The summed E-state index contributed by atoms with van der Waals surface area (Å²) in [5.41, 5.74) is 1.68. The number of hydrogen-bond donors (Lipinski definition) is 0. The molecule has 0 atom stereocenters. The molecule has 0 fully saturated rings. The summed E-state index contributed by atoms with van der Waals surface area (Å²) in [5.74, 6) is -0.0659. The Labute approximate surface area is 154 Å². The van der Waals surface area contributed by atoms with Crippen molar-refractivity contribution in [1.29, 1.82) is 5.26 Å². The largest absolute Gasteiger partial charge is 0.494 e. The van der Waals surface area contributed by atoms with Crippen molar-refractivity contribution in [2.45, 2.75) is 40.0 Å². The summed E-state index contributed by atoms with van der Waals surface area (Å²) in [6, 6.07) is 9.36. The van der Waals surface area contributed by atoms with Crippen molar-refractivity contribution >= 4 is 17.9 Å². The van der Waals surface area contributed by atoms with Crippen molar-refractivity contribution in [3.8, 4) is 11.8 Å². The lowest BCUT2D eigenvalue weighted by molar-refractivity contribution is -0.140. The molecule has 1 aliphatic rings. The van der Waals surface area contributed by atoms with Gasteiger partial charge in [0, 0.05) is 12.1 Å². The van der Waals surface area contributed by atoms with E-state index in [9.17, 15) is 14.9 Å². The third-order valence-electron chi connectivity index (χ3n) is 4.22. The number of ether oxygens (including phenoxy) is 1. The number of unbranched alkanes of at least 4 members (excludes halogenated alkanes) is 1. The van der Waals surface area contributed by atoms with Crippen LogP contribution in [0.1, 0.15) is 45.6 Å². The first-order valence-electron chi connectivity index (χ1n) is 8.95. The first-order valence-corrected chi connectivity index (χ1v) is 8.95. The van der Waals surface area contributed by atoms with Crippen LogP contribution < -0.4 is 4.74 Å². The molecule has 2 amide bonds. The van der Waals surface area contributed by atoms with Gasteiger partial charge in [0.2, 0.25) is 0 Å². The maximum Gasteiger partial charge on any atom is 0.271 e. The molecule has 0 aromatic heterocycles. The molecule has 2 rings (SSSR count). The summed E-state index contributed by atoms with van der Waals surface area (Å²) in [4.78, 5) is 26.4. The Bertz CT molecular complexity index is 782. The average Bonchev–Trinajstić information content (AvgIpc) is 2.65. The van der Waals surface area contributed by atoms with Crippen LogP contribution in [0.25, 0.3) is 6.08 Å². The Balaban J connectivity index is 2.37. The van der Waals surface area contributed by atoms with E-state index in [1.54, 1.807) is 13.0 Å². The van der Waals surface area contributed by atoms with Crippen LogP contribution in [0, 0.1) is 11.3 Å². The topological polar surface area (TPSA) is 70.4 Å². The smallest absolute Gasteiger partial charge is 0.271 e. The fraction of sp³-hybridized carbons (Fsp3) is 0.381. The summed E-state index contributed by atoms with van der Waals surface area (Å²) in [5, 5.41) is 9.35. The second-order valence-corrected chi connectivity index (χ2v) is 6.20. The van der Waals surface area contributed by atoms with Gasteiger partial charge in [-0.2, -0.15) is 5.26 Å². The lowest BCUT2D eigenvalue weighted by atomic mass is 9.93. The number of benzene rings is 1. The Morgan fingerprint density at radius 2 is 1.81 bits per heavy atom. The first kappa shape index (κ1) is 19.5. The van der Waals surface area contributed by atoms with Crippen LogP contribution in [0.4, 0.5) is 0 Å². The van der Waals surface area contributed by atoms with Gasteiger partial charge in [0.25, 0.3) is 11.8 Å². The second kappa shape index (κ2) is 9.00. The van der Waals surface area contributed by atoms with E-state index >= 15 is 0 Å². The van der Waals surface area contributed by atoms with Crippen LogP contribution in [0.3, 0.4) is 0 Å². The SMILES string of the molecule is CCCCN1C(=O)C(C#N)=C(C)/C(=C\c2ccc(OCCC)cc2)C1=O. The van der Waals surface area contributed by atoms with Gasteiger partial charge in [0.15, 0.2) is 0 Å². The van der Waals surface area contributed by atoms with E-state index in [4.69, 9.17) is 4.74 Å². The van der Waals surface area contributed by atoms with Crippen molar-refractivity contribution < 1.29 is 14.3 Å². The van der Waals surface area contributed by atoms with Crippen LogP contribution in [0.5, 0.6) is 5.75 Å². The van der Waals surface area contributed by atoms with Gasteiger partial charge >= 0.3 is 0 Å². The number of nitrogens with zero attached hydrogens (tertiary/aromatic N) is 2. The van der Waals surface area contributed by atoms with Crippen LogP contribution in [0.15, 0.2) is 41.0 Å². The molecule has 0 spiro atoms. The average molecular weight is 352 g/mol. The van der Waals surface area contributed by atoms with Crippen LogP contribution >= 0.6 is 0 Å². The van der Waals surface area contributed by atoms with E-state index in [1.165, 1.54) is 4.90 Å². The van der Waals surface area contributed by atoms with E-state index < -0.39 is 5.91 Å². The molecule has 1 aromatic carbocycles. The number of rotatable bonds is 7. The van der Waals surface area contributed by atoms with Crippen LogP contribution in [-0.4, -0.2) is 29.9 Å². The van der Waals surface area contributed by atoms with Crippen molar-refractivity contribution in [2.75, 3.05) is 13.2 Å². The van der Waals surface area contributed by atoms with Crippen molar-refractivity contribution in [1.82, 2.24) is 4.90 Å². The molecule has 0 radical (unpaired) electrons. The number of imide groups is 1. The van der Waals surface area contributed by atoms with E-state index in [-0.39, 0.29) is 11.5 Å². The molecule has 1 aromatic rings. The molecule has 5 heteroatoms. The second-order valence-electron chi connectivity index (χ2n) is 6.20. The van der Waals surface area contributed by atoms with Gasteiger partial charge in [0.05, 0.1) is 6.61 Å². The zero-order chi connectivity index (χ0) is 19.1. The van der Waals surface area contributed by atoms with Crippen molar-refractivity contribution in [2.24, 2.45) is 0 Å². The van der Waals surface area contributed by atoms with Gasteiger partial charge in [-0.1, -0.05) is 32.4 Å². The quantitative estimate of drug-likeness (QED) is 0.552. The molecule has 5 nitrogen and oxygen atoms in total. The highest BCUT2D eigenvalue weighted by Gasteiger charge is 2.34. The predicted molar refractivity (Wildman–Crippen MR) is 100 cm³/mol. The minimum atomic E-state index is -0.496. The summed E-state index contributed by atoms with van der Waals surface area (Å²) >= 11 is 0. The molecular weight excluding hydrogens is 328 g/mol. The standard InChI is InChI=1S/C21H24N2O3/c1-4-6-11-23-20(24)18(15(3)19(14-22)21(23)25)13-16-7-9-17(10-8-16)26-12-5-2/h7-10,13H,4-6,11-12H2,1-3H3/b18-13+. The van der Waals surface area contributed by atoms with Crippen molar-refractivity contribution in [3.63, 3.8) is 0 Å². The highest BCUT2D eigenvalue weighted by atomic mass is 16.5. The van der Waals surface area contributed by atoms with Gasteiger partial charge < -0.3 is 4.74 Å². The zero-order valence-electron chi connectivity index (χ0n) is 15.5. The molecule has 0 bridgehead atoms. The number of carbonyl (C=O) groups is 2. The number of nitriles is 1. The Kier molecular flexibility index (Phi) is 6.74. The molecule has 0 aliphatic carbocycles. The van der Waals surface area contributed by atoms with E-state index in [1.807, 2.05) is 44.2 Å². The third-order valence-corrected chi connectivity index (χ3v) is 4.22. The Morgan fingerprint density at radius 1 is 1.12 bits per heavy atom. The van der Waals surface area contributed by atoms with Gasteiger partial charge in [-0.15, -0.1) is 0 Å². The molecule has 1 aliphatic heterocycles. The number of carbonyl (C=O) groups excluding carboxylic acids is 2. The maximum absolute atomic E-state index is 12.8. The Hall–Kier alpha value is -2.87. The zero-order valence-corrected chi connectivity index (χ0v) is 15.5. The van der Waals surface area contributed by atoms with E-state index in [0.29, 0.717) is 30.7 Å². The lowest BCUT2D eigenvalue weighted by Crippen LogP contribution is -2.43. The van der Waals surface area contributed by atoms with Crippen LogP contribution in [-0.2, 0) is 9.59 Å². The normalized spacial score (nSPS) is 16.2. The summed E-state index contributed by atoms with van der Waals surface area (Å²) < 4.78 is 5.56. The first-order chi connectivity index (χ1) is 12.5. The maximum atomic E-state index is 12.8. The summed E-state index contributed by atoms with van der Waals surface area (Å²) in [6.07, 6.45) is 4.23. The van der Waals surface area contributed by atoms with E-state index in [0.717, 1.165) is 24.2 Å².